The molecule has 0 amide bonds. The number of phosphoric ester groups is 6. The Balaban J connectivity index is -0.000000540. The molecule has 42 heavy (non-hydrogen) atoms. The van der Waals surface area contributed by atoms with Gasteiger partial charge in [0.2, 0.25) is 0 Å². The van der Waals surface area contributed by atoms with Crippen LogP contribution in [0, 0.1) is 0 Å². The first-order chi connectivity index (χ1) is 15.6. The predicted molar refractivity (Wildman–Crippen MR) is 136 cm³/mol. The molecule has 0 spiro atoms. The molecule has 0 aromatic rings. The molecule has 1 aliphatic rings. The summed E-state index contributed by atoms with van der Waals surface area (Å²) in [6.45, 7) is 0. The minimum Gasteiger partial charge on any atom is -0.303 e. The minimum atomic E-state index is -6.02. The maximum atomic E-state index is 11.4. The van der Waals surface area contributed by atoms with Crippen LogP contribution in [-0.4, -0.2) is 273 Å². The summed E-state index contributed by atoms with van der Waals surface area (Å²) < 4.78 is 93.1. The molecular formula is C6H18Na6O24P6. The summed E-state index contributed by atoms with van der Waals surface area (Å²) >= 11 is 0. The van der Waals surface area contributed by atoms with Crippen molar-refractivity contribution in [3.63, 3.8) is 0 Å². The van der Waals surface area contributed by atoms with Crippen LogP contribution in [0.15, 0.2) is 0 Å². The van der Waals surface area contributed by atoms with Crippen LogP contribution in [0.5, 0.6) is 0 Å². The second-order valence-corrected chi connectivity index (χ2v) is 13.5. The van der Waals surface area contributed by atoms with Gasteiger partial charge in [0.05, 0.1) is 0 Å². The van der Waals surface area contributed by atoms with Gasteiger partial charge in [-0.25, -0.2) is 27.4 Å². The van der Waals surface area contributed by atoms with Crippen LogP contribution in [0.3, 0.4) is 0 Å². The predicted octanol–water partition coefficient (Wildman–Crippen LogP) is -5.42. The van der Waals surface area contributed by atoms with E-state index in [-0.39, 0.29) is 177 Å². The molecule has 0 aliphatic heterocycles. The van der Waals surface area contributed by atoms with Crippen molar-refractivity contribution in [2.24, 2.45) is 0 Å². The molecule has 0 saturated heterocycles. The van der Waals surface area contributed by atoms with Gasteiger partial charge in [-0.3, -0.25) is 27.1 Å². The molecule has 6 radical (unpaired) electrons. The topological polar surface area (TPSA) is 401 Å². The standard InChI is InChI=1S/C6H18O24P6.6Na/c7-31(8,9)25-1-2(26-32(10,11)12)4(28-34(16,17)18)6(30-36(22,23)24)5(29-35(19,20)21)3(1)27-33(13,14)15;;;;;;/h1-6H,(H2,7,8,9)(H2,10,11,12)(H2,13,14,15)(H2,16,17,18)(H2,19,20,21)(H2,22,23,24);;;;;;. The van der Waals surface area contributed by atoms with E-state index in [1.807, 2.05) is 0 Å². The number of hydrogen-bond donors (Lipinski definition) is 12. The summed E-state index contributed by atoms with van der Waals surface area (Å²) in [5, 5.41) is 0. The Hall–Kier alpha value is 6.66. The second-order valence-electron chi connectivity index (χ2n) is 6.36. The average Bonchev–Trinajstić information content (AvgIpc) is 2.51. The number of phosphoric acid groups is 6. The van der Waals surface area contributed by atoms with Crippen molar-refractivity contribution in [3.05, 3.63) is 0 Å². The van der Waals surface area contributed by atoms with Crippen molar-refractivity contribution >= 4 is 224 Å². The van der Waals surface area contributed by atoms with Gasteiger partial charge >= 0.3 is 46.9 Å². The van der Waals surface area contributed by atoms with E-state index in [2.05, 4.69) is 27.1 Å². The first kappa shape index (κ1) is 60.7. The Labute approximate surface area is 368 Å². The van der Waals surface area contributed by atoms with E-state index in [0.29, 0.717) is 0 Å². The molecular weight excluding hydrogens is 780 g/mol. The van der Waals surface area contributed by atoms with Crippen molar-refractivity contribution in [1.29, 1.82) is 0 Å². The Morgan fingerprint density at radius 3 is 0.381 bits per heavy atom. The van der Waals surface area contributed by atoms with Gasteiger partial charge in [-0.1, -0.05) is 0 Å². The van der Waals surface area contributed by atoms with Gasteiger partial charge in [-0.05, 0) is 0 Å². The van der Waals surface area contributed by atoms with E-state index in [9.17, 15) is 27.4 Å². The number of hydrogen-bond acceptors (Lipinski definition) is 12. The van der Waals surface area contributed by atoms with Gasteiger partial charge in [0.1, 0.15) is 36.6 Å². The average molecular weight is 798 g/mol. The SMILES string of the molecule is O=P(O)(O)OC1C(OP(=O)(O)O)C(OP(=O)(O)O)C(OP(=O)(O)O)C(OP(=O)(O)O)C1OP(=O)(O)O.[Na].[Na].[Na].[Na].[Na].[Na]. The minimum absolute atomic E-state index is 0. The fourth-order valence-electron chi connectivity index (χ4n) is 2.79. The first-order valence-electron chi connectivity index (χ1n) is 8.01. The third-order valence-corrected chi connectivity index (χ3v) is 6.61. The molecule has 1 saturated carbocycles. The molecule has 0 bridgehead atoms. The third-order valence-electron chi connectivity index (χ3n) is 3.50. The van der Waals surface area contributed by atoms with E-state index in [0.717, 1.165) is 0 Å². The van der Waals surface area contributed by atoms with Crippen LogP contribution in [0.1, 0.15) is 0 Å². The van der Waals surface area contributed by atoms with E-state index in [1.54, 1.807) is 0 Å². The van der Waals surface area contributed by atoms with E-state index < -0.39 is 83.6 Å². The molecule has 0 heterocycles. The van der Waals surface area contributed by atoms with Gasteiger partial charge in [-0.2, -0.15) is 0 Å². The Morgan fingerprint density at radius 1 is 0.262 bits per heavy atom. The van der Waals surface area contributed by atoms with Crippen molar-refractivity contribution in [3.8, 4) is 0 Å². The van der Waals surface area contributed by atoms with E-state index in [1.165, 1.54) is 0 Å². The molecule has 0 atom stereocenters. The molecule has 0 unspecified atom stereocenters. The molecule has 36 heteroatoms. The van der Waals surface area contributed by atoms with Gasteiger partial charge in [0, 0.05) is 177 Å². The van der Waals surface area contributed by atoms with Crippen LogP contribution in [0.2, 0.25) is 0 Å². The van der Waals surface area contributed by atoms with Crippen LogP contribution in [0.4, 0.5) is 0 Å². The van der Waals surface area contributed by atoms with Crippen molar-refractivity contribution in [2.75, 3.05) is 0 Å². The van der Waals surface area contributed by atoms with E-state index >= 15 is 0 Å². The van der Waals surface area contributed by atoms with Crippen LogP contribution in [-0.2, 0) is 54.5 Å². The molecule has 1 fully saturated rings. The van der Waals surface area contributed by atoms with Crippen LogP contribution < -0.4 is 0 Å². The summed E-state index contributed by atoms with van der Waals surface area (Å²) in [5.41, 5.74) is 0. The van der Waals surface area contributed by atoms with Gasteiger partial charge in [0.15, 0.2) is 0 Å². The summed E-state index contributed by atoms with van der Waals surface area (Å²) in [4.78, 5) is 110. The summed E-state index contributed by atoms with van der Waals surface area (Å²) in [7, 11) is -36.1. The van der Waals surface area contributed by atoms with Crippen molar-refractivity contribution in [2.45, 2.75) is 36.6 Å². The maximum absolute atomic E-state index is 11.4. The number of rotatable bonds is 12. The molecule has 0 aromatic heterocycles. The first-order valence-corrected chi connectivity index (χ1v) is 17.2. The van der Waals surface area contributed by atoms with Crippen LogP contribution >= 0.6 is 46.9 Å². The fraction of sp³-hybridized carbons (Fsp3) is 1.00. The van der Waals surface area contributed by atoms with Gasteiger partial charge in [0.25, 0.3) is 0 Å². The molecule has 24 nitrogen and oxygen atoms in total. The Kier molecular flexibility index (Phi) is 33.8. The Bertz CT molecular complexity index is 843. The smallest absolute Gasteiger partial charge is 0.303 e. The fourth-order valence-corrected chi connectivity index (χ4v) is 6.14. The summed E-state index contributed by atoms with van der Waals surface area (Å²) in [6.07, 6.45) is -18.9. The molecule has 0 aromatic carbocycles. The second kappa shape index (κ2) is 23.4. The molecule has 222 valence electrons. The quantitative estimate of drug-likeness (QED) is 0.0647. The zero-order chi connectivity index (χ0) is 28.7. The molecule has 12 N–H and O–H groups in total. The molecule has 1 aliphatic carbocycles. The largest absolute Gasteiger partial charge is 0.470 e. The van der Waals surface area contributed by atoms with Crippen molar-refractivity contribution in [1.82, 2.24) is 0 Å². The summed E-state index contributed by atoms with van der Waals surface area (Å²) in [6, 6.07) is 0. The zero-order valence-electron chi connectivity index (χ0n) is 22.4. The maximum Gasteiger partial charge on any atom is 0.470 e. The molecule has 1 rings (SSSR count). The van der Waals surface area contributed by atoms with Gasteiger partial charge < -0.3 is 58.7 Å². The zero-order valence-corrected chi connectivity index (χ0v) is 39.8. The Morgan fingerprint density at radius 2 is 0.333 bits per heavy atom. The van der Waals surface area contributed by atoms with Crippen LogP contribution in [0.25, 0.3) is 0 Å². The third kappa shape index (κ3) is 26.4. The monoisotopic (exact) mass is 798 g/mol. The normalized spacial score (nSPS) is 25.1. The van der Waals surface area contributed by atoms with E-state index in [4.69, 9.17) is 58.7 Å². The summed E-state index contributed by atoms with van der Waals surface area (Å²) in [5.74, 6) is 0. The van der Waals surface area contributed by atoms with Gasteiger partial charge in [-0.15, -0.1) is 0 Å². The van der Waals surface area contributed by atoms with Crippen molar-refractivity contribution < 1.29 is 113 Å².